The molecule has 0 fully saturated rings. The fourth-order valence-corrected chi connectivity index (χ4v) is 1.92. The first-order valence-electron chi connectivity index (χ1n) is 6.48. The summed E-state index contributed by atoms with van der Waals surface area (Å²) in [6.45, 7) is -1.38. The molecule has 0 aromatic heterocycles. The average Bonchev–Trinajstić information content (AvgIpc) is 2.48. The molecule has 2 aromatic carbocycles. The third kappa shape index (κ3) is 4.22. The second kappa shape index (κ2) is 6.82. The lowest BCUT2D eigenvalue weighted by Crippen LogP contribution is -2.12. The number of rotatable bonds is 5. The number of anilines is 1. The van der Waals surface area contributed by atoms with Crippen LogP contribution in [0.2, 0.25) is 0 Å². The number of nitrogens with one attached hydrogen (secondary N) is 1. The minimum atomic E-state index is -2.92. The van der Waals surface area contributed by atoms with Gasteiger partial charge in [0.2, 0.25) is 0 Å². The minimum absolute atomic E-state index is 0.0239. The van der Waals surface area contributed by atoms with Crippen LogP contribution in [0, 0.1) is 17.0 Å². The Morgan fingerprint density at radius 2 is 1.87 bits per heavy atom. The number of alkyl halides is 2. The van der Waals surface area contributed by atoms with Crippen molar-refractivity contribution < 1.29 is 23.2 Å². The molecule has 2 aromatic rings. The maximum atomic E-state index is 12.1. The first-order chi connectivity index (χ1) is 10.9. The van der Waals surface area contributed by atoms with Gasteiger partial charge >= 0.3 is 6.61 Å². The highest BCUT2D eigenvalue weighted by Gasteiger charge is 2.14. The van der Waals surface area contributed by atoms with Gasteiger partial charge in [0.25, 0.3) is 11.6 Å². The fourth-order valence-electron chi connectivity index (χ4n) is 1.92. The van der Waals surface area contributed by atoms with Crippen LogP contribution in [0.5, 0.6) is 5.75 Å². The molecule has 0 radical (unpaired) electrons. The quantitative estimate of drug-likeness (QED) is 0.671. The van der Waals surface area contributed by atoms with E-state index in [0.29, 0.717) is 11.3 Å². The Hall–Kier alpha value is -3.03. The molecule has 23 heavy (non-hydrogen) atoms. The molecule has 2 rings (SSSR count). The first-order valence-corrected chi connectivity index (χ1v) is 6.48. The molecular formula is C15H12F2N2O4. The molecule has 0 aliphatic rings. The number of carbonyl (C=O) groups is 1. The number of hydrogen-bond acceptors (Lipinski definition) is 4. The Balaban J connectivity index is 2.10. The van der Waals surface area contributed by atoms with Crippen molar-refractivity contribution in [2.75, 3.05) is 5.32 Å². The number of aryl methyl sites for hydroxylation is 1. The summed E-state index contributed by atoms with van der Waals surface area (Å²) in [6.07, 6.45) is 0. The highest BCUT2D eigenvalue weighted by molar-refractivity contribution is 6.04. The maximum absolute atomic E-state index is 12.1. The molecule has 0 atom stereocenters. The van der Waals surface area contributed by atoms with Gasteiger partial charge < -0.3 is 10.1 Å². The summed E-state index contributed by atoms with van der Waals surface area (Å²) in [7, 11) is 0. The lowest BCUT2D eigenvalue weighted by molar-refractivity contribution is -0.385. The maximum Gasteiger partial charge on any atom is 0.387 e. The average molecular weight is 322 g/mol. The Morgan fingerprint density at radius 1 is 1.22 bits per heavy atom. The summed E-state index contributed by atoms with van der Waals surface area (Å²) >= 11 is 0. The van der Waals surface area contributed by atoms with Crippen LogP contribution in [0.25, 0.3) is 0 Å². The van der Waals surface area contributed by atoms with E-state index < -0.39 is 17.4 Å². The summed E-state index contributed by atoms with van der Waals surface area (Å²) in [5.74, 6) is -0.491. The van der Waals surface area contributed by atoms with Gasteiger partial charge in [-0.05, 0) is 43.3 Å². The predicted octanol–water partition coefficient (Wildman–Crippen LogP) is 3.76. The summed E-state index contributed by atoms with van der Waals surface area (Å²) in [5.41, 5.74) is 0.923. The Bertz CT molecular complexity index is 733. The molecule has 0 heterocycles. The summed E-state index contributed by atoms with van der Waals surface area (Å²) < 4.78 is 28.3. The second-order valence-electron chi connectivity index (χ2n) is 4.62. The standard InChI is InChI=1S/C15H12F2N2O4/c1-9-8-10(2-7-13(9)19(21)22)14(20)18-11-3-5-12(6-4-11)23-15(16)17/h2-8,15H,1H3,(H,18,20). The number of ether oxygens (including phenoxy) is 1. The zero-order valence-electron chi connectivity index (χ0n) is 12.0. The first kappa shape index (κ1) is 16.3. The van der Waals surface area contributed by atoms with E-state index in [-0.39, 0.29) is 17.0 Å². The van der Waals surface area contributed by atoms with E-state index >= 15 is 0 Å². The highest BCUT2D eigenvalue weighted by atomic mass is 19.3. The van der Waals surface area contributed by atoms with Gasteiger partial charge in [0, 0.05) is 22.9 Å². The van der Waals surface area contributed by atoms with Gasteiger partial charge in [-0.25, -0.2) is 0 Å². The second-order valence-corrected chi connectivity index (χ2v) is 4.62. The Labute approximate surface area is 129 Å². The van der Waals surface area contributed by atoms with Crippen LogP contribution in [0.3, 0.4) is 0 Å². The zero-order chi connectivity index (χ0) is 17.0. The molecule has 8 heteroatoms. The van der Waals surface area contributed by atoms with E-state index in [9.17, 15) is 23.7 Å². The van der Waals surface area contributed by atoms with Crippen molar-refractivity contribution in [2.24, 2.45) is 0 Å². The third-order valence-corrected chi connectivity index (χ3v) is 2.99. The Morgan fingerprint density at radius 3 is 2.39 bits per heavy atom. The largest absolute Gasteiger partial charge is 0.435 e. The van der Waals surface area contributed by atoms with Crippen LogP contribution < -0.4 is 10.1 Å². The van der Waals surface area contributed by atoms with Crippen LogP contribution in [-0.2, 0) is 0 Å². The van der Waals surface area contributed by atoms with Crippen molar-refractivity contribution in [3.8, 4) is 5.75 Å². The highest BCUT2D eigenvalue weighted by Crippen LogP contribution is 2.21. The molecule has 1 N–H and O–H groups in total. The number of nitro benzene ring substituents is 1. The van der Waals surface area contributed by atoms with Crippen LogP contribution in [0.4, 0.5) is 20.2 Å². The molecule has 0 aliphatic heterocycles. The molecular weight excluding hydrogens is 310 g/mol. The molecule has 0 unspecified atom stereocenters. The van der Waals surface area contributed by atoms with E-state index in [4.69, 9.17) is 0 Å². The van der Waals surface area contributed by atoms with Gasteiger partial charge in [0.1, 0.15) is 5.75 Å². The normalized spacial score (nSPS) is 10.4. The van der Waals surface area contributed by atoms with Gasteiger partial charge in [0.05, 0.1) is 4.92 Å². The number of benzene rings is 2. The van der Waals surface area contributed by atoms with Gasteiger partial charge in [-0.1, -0.05) is 0 Å². The van der Waals surface area contributed by atoms with Crippen molar-refractivity contribution in [3.63, 3.8) is 0 Å². The Kier molecular flexibility index (Phi) is 4.85. The molecule has 0 aliphatic carbocycles. The van der Waals surface area contributed by atoms with Gasteiger partial charge in [-0.2, -0.15) is 8.78 Å². The van der Waals surface area contributed by atoms with Gasteiger partial charge in [-0.3, -0.25) is 14.9 Å². The van der Waals surface area contributed by atoms with Crippen molar-refractivity contribution in [3.05, 3.63) is 63.7 Å². The van der Waals surface area contributed by atoms with Crippen molar-refractivity contribution in [1.82, 2.24) is 0 Å². The third-order valence-electron chi connectivity index (χ3n) is 2.99. The number of carbonyl (C=O) groups excluding carboxylic acids is 1. The molecule has 1 amide bonds. The number of amides is 1. The number of halogens is 2. The molecule has 120 valence electrons. The minimum Gasteiger partial charge on any atom is -0.435 e. The van der Waals surface area contributed by atoms with E-state index in [0.717, 1.165) is 0 Å². The van der Waals surface area contributed by atoms with Crippen molar-refractivity contribution in [2.45, 2.75) is 13.5 Å². The molecule has 0 bridgehead atoms. The molecule has 6 nitrogen and oxygen atoms in total. The molecule has 0 saturated carbocycles. The monoisotopic (exact) mass is 322 g/mol. The summed E-state index contributed by atoms with van der Waals surface area (Å²) in [5, 5.41) is 13.3. The van der Waals surface area contributed by atoms with Gasteiger partial charge in [-0.15, -0.1) is 0 Å². The van der Waals surface area contributed by atoms with Crippen molar-refractivity contribution in [1.29, 1.82) is 0 Å². The molecule has 0 spiro atoms. The zero-order valence-corrected chi connectivity index (χ0v) is 12.0. The summed E-state index contributed by atoms with van der Waals surface area (Å²) in [4.78, 5) is 22.3. The molecule has 0 saturated heterocycles. The van der Waals surface area contributed by atoms with E-state index in [1.807, 2.05) is 0 Å². The van der Waals surface area contributed by atoms with Crippen LogP contribution >= 0.6 is 0 Å². The lowest BCUT2D eigenvalue weighted by atomic mass is 10.1. The SMILES string of the molecule is Cc1cc(C(=O)Nc2ccc(OC(F)F)cc2)ccc1[N+](=O)[O-]. The van der Waals surface area contributed by atoms with Gasteiger partial charge in [0.15, 0.2) is 0 Å². The smallest absolute Gasteiger partial charge is 0.387 e. The number of nitrogens with zero attached hydrogens (tertiary/aromatic N) is 1. The fraction of sp³-hybridized carbons (Fsp3) is 0.133. The number of nitro groups is 1. The predicted molar refractivity (Wildman–Crippen MR) is 78.9 cm³/mol. The lowest BCUT2D eigenvalue weighted by Gasteiger charge is -2.08. The number of hydrogen-bond donors (Lipinski definition) is 1. The van der Waals surface area contributed by atoms with Crippen LogP contribution in [0.1, 0.15) is 15.9 Å². The van der Waals surface area contributed by atoms with Crippen LogP contribution in [-0.4, -0.2) is 17.4 Å². The topological polar surface area (TPSA) is 81.5 Å². The van der Waals surface area contributed by atoms with Crippen LogP contribution in [0.15, 0.2) is 42.5 Å². The van der Waals surface area contributed by atoms with E-state index in [1.165, 1.54) is 49.4 Å². The van der Waals surface area contributed by atoms with Crippen molar-refractivity contribution >= 4 is 17.3 Å². The van der Waals surface area contributed by atoms with E-state index in [1.54, 1.807) is 0 Å². The summed E-state index contributed by atoms with van der Waals surface area (Å²) in [6, 6.07) is 9.41. The van der Waals surface area contributed by atoms with E-state index in [2.05, 4.69) is 10.1 Å².